The van der Waals surface area contributed by atoms with E-state index in [0.717, 1.165) is 81.6 Å². The molecule has 4 heterocycles. The monoisotopic (exact) mass is 493 g/mol. The van der Waals surface area contributed by atoms with Crippen LogP contribution in [0.4, 0.5) is 17.2 Å². The molecule has 0 amide bonds. The Kier molecular flexibility index (Phi) is 5.10. The number of aryl methyl sites for hydroxylation is 2. The van der Waals surface area contributed by atoms with Crippen molar-refractivity contribution in [2.75, 3.05) is 36.5 Å². The van der Waals surface area contributed by atoms with Gasteiger partial charge in [0.15, 0.2) is 5.75 Å². The lowest BCUT2D eigenvalue weighted by Crippen LogP contribution is -2.51. The number of nitrogens with one attached hydrogen (secondary N) is 2. The Morgan fingerprint density at radius 1 is 1.05 bits per heavy atom. The van der Waals surface area contributed by atoms with Crippen LogP contribution >= 0.6 is 0 Å². The lowest BCUT2D eigenvalue weighted by atomic mass is 10.1. The predicted molar refractivity (Wildman–Crippen MR) is 144 cm³/mol. The number of piperazine rings is 1. The zero-order chi connectivity index (χ0) is 24.9. The summed E-state index contributed by atoms with van der Waals surface area (Å²) in [4.78, 5) is 15.9. The Morgan fingerprint density at radius 2 is 2.00 bits per heavy atom. The molecular formula is C28H27N7O2. The first kappa shape index (κ1) is 21.9. The molecule has 1 atom stereocenters. The van der Waals surface area contributed by atoms with Crippen LogP contribution in [0.2, 0.25) is 0 Å². The molecular weight excluding hydrogens is 466 g/mol. The molecule has 2 aliphatic rings. The average Bonchev–Trinajstić information content (AvgIpc) is 3.22. The molecule has 0 spiro atoms. The third-order valence-corrected chi connectivity index (χ3v) is 7.12. The fraction of sp³-hybridized carbons (Fsp3) is 0.250. The number of anilines is 3. The molecule has 2 N–H and O–H groups in total. The van der Waals surface area contributed by atoms with E-state index in [4.69, 9.17) is 9.47 Å². The summed E-state index contributed by atoms with van der Waals surface area (Å²) in [7, 11) is 1.98. The second-order valence-electron chi connectivity index (χ2n) is 9.65. The van der Waals surface area contributed by atoms with Crippen molar-refractivity contribution in [3.63, 3.8) is 0 Å². The number of benzene rings is 3. The van der Waals surface area contributed by atoms with Gasteiger partial charge in [0.05, 0.1) is 40.0 Å². The molecule has 0 radical (unpaired) electrons. The van der Waals surface area contributed by atoms with Crippen LogP contribution in [0.3, 0.4) is 0 Å². The molecule has 2 aliphatic heterocycles. The summed E-state index contributed by atoms with van der Waals surface area (Å²) < 4.78 is 14.5. The van der Waals surface area contributed by atoms with Gasteiger partial charge in [-0.25, -0.2) is 15.0 Å². The van der Waals surface area contributed by atoms with Crippen molar-refractivity contribution in [3.8, 4) is 17.2 Å². The summed E-state index contributed by atoms with van der Waals surface area (Å²) in [6, 6.07) is 16.5. The summed E-state index contributed by atoms with van der Waals surface area (Å²) in [5, 5.41) is 7.94. The van der Waals surface area contributed by atoms with Gasteiger partial charge in [-0.15, -0.1) is 0 Å². The van der Waals surface area contributed by atoms with Gasteiger partial charge in [0.1, 0.15) is 30.3 Å². The molecule has 0 aliphatic carbocycles. The highest BCUT2D eigenvalue weighted by atomic mass is 16.5. The van der Waals surface area contributed by atoms with Crippen LogP contribution in [0.1, 0.15) is 5.56 Å². The smallest absolute Gasteiger partial charge is 0.155 e. The maximum atomic E-state index is 6.34. The molecule has 5 aromatic rings. The molecule has 9 heteroatoms. The van der Waals surface area contributed by atoms with Gasteiger partial charge in [-0.1, -0.05) is 0 Å². The number of fused-ring (bicyclic) bond motifs is 7. The van der Waals surface area contributed by atoms with E-state index in [0.29, 0.717) is 12.6 Å². The van der Waals surface area contributed by atoms with E-state index >= 15 is 0 Å². The van der Waals surface area contributed by atoms with Crippen LogP contribution in [0.25, 0.3) is 21.9 Å². The zero-order valence-electron chi connectivity index (χ0n) is 20.7. The van der Waals surface area contributed by atoms with Crippen LogP contribution < -0.4 is 25.0 Å². The van der Waals surface area contributed by atoms with Gasteiger partial charge in [-0.2, -0.15) is 0 Å². The summed E-state index contributed by atoms with van der Waals surface area (Å²) in [6.45, 7) is 5.48. The van der Waals surface area contributed by atoms with E-state index in [2.05, 4.69) is 42.6 Å². The molecule has 0 unspecified atom stereocenters. The Balaban J connectivity index is 1.20. The van der Waals surface area contributed by atoms with Crippen LogP contribution in [-0.4, -0.2) is 51.8 Å². The van der Waals surface area contributed by atoms with E-state index in [9.17, 15) is 0 Å². The van der Waals surface area contributed by atoms with Gasteiger partial charge < -0.3 is 29.6 Å². The number of imidazole rings is 1. The predicted octanol–water partition coefficient (Wildman–Crippen LogP) is 4.53. The minimum atomic E-state index is 0.311. The number of hydrogen-bond donors (Lipinski definition) is 2. The van der Waals surface area contributed by atoms with Crippen LogP contribution in [0, 0.1) is 6.92 Å². The normalized spacial score (nSPS) is 16.8. The fourth-order valence-electron chi connectivity index (χ4n) is 5.23. The molecule has 1 fully saturated rings. The van der Waals surface area contributed by atoms with Gasteiger partial charge in [-0.05, 0) is 55.0 Å². The average molecular weight is 494 g/mol. The lowest BCUT2D eigenvalue weighted by Gasteiger charge is -2.32. The van der Waals surface area contributed by atoms with E-state index in [1.54, 1.807) is 12.7 Å². The number of nitrogens with zero attached hydrogens (tertiary/aromatic N) is 5. The van der Waals surface area contributed by atoms with Gasteiger partial charge in [0.2, 0.25) is 0 Å². The molecule has 2 aromatic heterocycles. The summed E-state index contributed by atoms with van der Waals surface area (Å²) in [6.07, 6.45) is 3.40. The maximum absolute atomic E-state index is 6.34. The molecule has 9 nitrogen and oxygen atoms in total. The molecule has 3 aromatic carbocycles. The fourth-order valence-corrected chi connectivity index (χ4v) is 5.23. The Bertz CT molecular complexity index is 1650. The molecule has 1 saturated heterocycles. The lowest BCUT2D eigenvalue weighted by molar-refractivity contribution is 0.273. The Morgan fingerprint density at radius 3 is 2.92 bits per heavy atom. The largest absolute Gasteiger partial charge is 0.489 e. The number of hydrogen-bond acceptors (Lipinski definition) is 8. The van der Waals surface area contributed by atoms with Gasteiger partial charge in [-0.3, -0.25) is 0 Å². The number of rotatable bonds is 4. The van der Waals surface area contributed by atoms with E-state index < -0.39 is 0 Å². The summed E-state index contributed by atoms with van der Waals surface area (Å²) >= 11 is 0. The van der Waals surface area contributed by atoms with Crippen molar-refractivity contribution in [3.05, 3.63) is 66.7 Å². The Hall–Kier alpha value is -4.37. The van der Waals surface area contributed by atoms with Crippen molar-refractivity contribution >= 4 is 39.1 Å². The van der Waals surface area contributed by atoms with Crippen molar-refractivity contribution in [1.82, 2.24) is 24.8 Å². The summed E-state index contributed by atoms with van der Waals surface area (Å²) in [5.41, 5.74) is 5.84. The van der Waals surface area contributed by atoms with Crippen molar-refractivity contribution in [2.24, 2.45) is 7.05 Å². The quantitative estimate of drug-likeness (QED) is 0.378. The SMILES string of the molecule is Cc1cc(Nc2ncnc3ccc4c(c23)OC[C@@H]2CN4CCN2)ccc1Oc1ccc2c(c1)ncn2C. The standard InChI is InChI=1S/C28H27N7O2/c1-17-11-18(3-8-25(17)37-20-4-6-23-22(12-20)32-16-34(23)2)33-28-26-21(30-15-31-28)5-7-24-27(26)36-14-19-13-35(24)10-9-29-19/h3-8,11-12,15-16,19,29H,9-10,13-14H2,1-2H3,(H,30,31,33)/t19-/m0/s1. The van der Waals surface area contributed by atoms with Gasteiger partial charge in [0, 0.05) is 38.4 Å². The van der Waals surface area contributed by atoms with Crippen LogP contribution in [0.15, 0.2) is 61.2 Å². The minimum absolute atomic E-state index is 0.311. The minimum Gasteiger partial charge on any atom is -0.489 e. The first-order valence-electron chi connectivity index (χ1n) is 12.5. The van der Waals surface area contributed by atoms with Gasteiger partial charge in [0.25, 0.3) is 0 Å². The molecule has 7 rings (SSSR count). The number of aromatic nitrogens is 4. The first-order chi connectivity index (χ1) is 18.1. The van der Waals surface area contributed by atoms with Crippen LogP contribution in [-0.2, 0) is 7.05 Å². The third kappa shape index (κ3) is 3.88. The number of ether oxygens (including phenoxy) is 2. The van der Waals surface area contributed by atoms with Crippen molar-refractivity contribution in [1.29, 1.82) is 0 Å². The zero-order valence-corrected chi connectivity index (χ0v) is 20.7. The Labute approximate surface area is 214 Å². The van der Waals surface area contributed by atoms with Crippen molar-refractivity contribution < 1.29 is 9.47 Å². The molecule has 37 heavy (non-hydrogen) atoms. The maximum Gasteiger partial charge on any atom is 0.155 e. The van der Waals surface area contributed by atoms with E-state index in [-0.39, 0.29) is 0 Å². The van der Waals surface area contributed by atoms with E-state index in [1.165, 1.54) is 0 Å². The highest BCUT2D eigenvalue weighted by Crippen LogP contribution is 2.41. The highest BCUT2D eigenvalue weighted by molar-refractivity contribution is 6.00. The first-order valence-corrected chi connectivity index (χ1v) is 12.5. The second kappa shape index (κ2) is 8.63. The van der Waals surface area contributed by atoms with Crippen LogP contribution in [0.5, 0.6) is 17.2 Å². The summed E-state index contributed by atoms with van der Waals surface area (Å²) in [5.74, 6) is 3.11. The van der Waals surface area contributed by atoms with E-state index in [1.807, 2.05) is 54.9 Å². The second-order valence-corrected chi connectivity index (χ2v) is 9.65. The van der Waals surface area contributed by atoms with Gasteiger partial charge >= 0.3 is 0 Å². The molecule has 0 saturated carbocycles. The molecule has 186 valence electrons. The topological polar surface area (TPSA) is 89.4 Å². The van der Waals surface area contributed by atoms with Crippen molar-refractivity contribution in [2.45, 2.75) is 13.0 Å². The third-order valence-electron chi connectivity index (χ3n) is 7.12. The highest BCUT2D eigenvalue weighted by Gasteiger charge is 2.28. The molecule has 2 bridgehead atoms.